The fourth-order valence-corrected chi connectivity index (χ4v) is 4.24. The molecule has 1 aromatic rings. The molecule has 1 spiro atoms. The van der Waals surface area contributed by atoms with Crippen molar-refractivity contribution in [2.24, 2.45) is 5.41 Å². The number of amides is 2. The highest BCUT2D eigenvalue weighted by atomic mass is 19.4. The lowest BCUT2D eigenvalue weighted by Gasteiger charge is -2.55. The van der Waals surface area contributed by atoms with Crippen LogP contribution in [0.4, 0.5) is 13.2 Å². The maximum absolute atomic E-state index is 12.8. The van der Waals surface area contributed by atoms with Crippen molar-refractivity contribution in [2.75, 3.05) is 0 Å². The average Bonchev–Trinajstić information content (AvgIpc) is 3.08. The maximum atomic E-state index is 12.8. The molecule has 1 aromatic carbocycles. The Labute approximate surface area is 150 Å². The fourth-order valence-electron chi connectivity index (χ4n) is 4.24. The molecule has 1 atom stereocenters. The van der Waals surface area contributed by atoms with Gasteiger partial charge in [0.05, 0.1) is 11.0 Å². The first kappa shape index (κ1) is 18.7. The normalized spacial score (nSPS) is 22.0. The predicted molar refractivity (Wildman–Crippen MR) is 90.0 cm³/mol. The quantitative estimate of drug-likeness (QED) is 0.827. The summed E-state index contributed by atoms with van der Waals surface area (Å²) in [5.74, 6) is -0.248. The number of rotatable bonds is 4. The van der Waals surface area contributed by atoms with Crippen LogP contribution in [0.3, 0.4) is 0 Å². The molecule has 1 aliphatic heterocycles. The lowest BCUT2D eigenvalue weighted by atomic mass is 9.68. The molecule has 7 heteroatoms. The SMILES string of the molecule is CC(C)N1C(=O)C2(CCCC2)C1C(=O)NCc1cccc(C(F)(F)F)c1. The minimum absolute atomic E-state index is 0.00938. The molecule has 1 heterocycles. The smallest absolute Gasteiger partial charge is 0.350 e. The number of alkyl halides is 3. The zero-order chi connectivity index (χ0) is 19.1. The zero-order valence-electron chi connectivity index (χ0n) is 14.9. The lowest BCUT2D eigenvalue weighted by molar-refractivity contribution is -0.181. The van der Waals surface area contributed by atoms with E-state index in [9.17, 15) is 22.8 Å². The van der Waals surface area contributed by atoms with Crippen molar-refractivity contribution in [3.63, 3.8) is 0 Å². The van der Waals surface area contributed by atoms with E-state index in [1.165, 1.54) is 6.07 Å². The summed E-state index contributed by atoms with van der Waals surface area (Å²) in [6, 6.07) is 4.31. The van der Waals surface area contributed by atoms with Gasteiger partial charge in [0.1, 0.15) is 6.04 Å². The molecule has 4 nitrogen and oxygen atoms in total. The number of β-lactam (4-membered cyclic amide) rings is 1. The maximum Gasteiger partial charge on any atom is 0.416 e. The van der Waals surface area contributed by atoms with E-state index in [1.807, 2.05) is 13.8 Å². The van der Waals surface area contributed by atoms with Crippen molar-refractivity contribution >= 4 is 11.8 Å². The summed E-state index contributed by atoms with van der Waals surface area (Å²) in [6.45, 7) is 3.75. The molecule has 0 radical (unpaired) electrons. The summed E-state index contributed by atoms with van der Waals surface area (Å²) in [5, 5.41) is 2.74. The second-order valence-corrected chi connectivity index (χ2v) is 7.49. The Bertz CT molecular complexity index is 709. The number of nitrogens with one attached hydrogen (secondary N) is 1. The van der Waals surface area contributed by atoms with Gasteiger partial charge in [0.2, 0.25) is 11.8 Å². The number of carbonyl (C=O) groups is 2. The minimum Gasteiger partial charge on any atom is -0.350 e. The number of hydrogen-bond acceptors (Lipinski definition) is 2. The third kappa shape index (κ3) is 3.08. The molecule has 0 bridgehead atoms. The average molecular weight is 368 g/mol. The molecular weight excluding hydrogens is 345 g/mol. The summed E-state index contributed by atoms with van der Waals surface area (Å²) < 4.78 is 38.4. The van der Waals surface area contributed by atoms with Crippen LogP contribution in [-0.4, -0.2) is 28.8 Å². The highest BCUT2D eigenvalue weighted by Gasteiger charge is 2.64. The molecule has 3 rings (SSSR count). The molecule has 142 valence electrons. The van der Waals surface area contributed by atoms with E-state index < -0.39 is 23.2 Å². The first-order valence-corrected chi connectivity index (χ1v) is 8.93. The largest absolute Gasteiger partial charge is 0.416 e. The van der Waals surface area contributed by atoms with E-state index in [-0.39, 0.29) is 24.4 Å². The number of carbonyl (C=O) groups excluding carboxylic acids is 2. The summed E-state index contributed by atoms with van der Waals surface area (Å²) in [4.78, 5) is 27.0. The van der Waals surface area contributed by atoms with Gasteiger partial charge in [-0.25, -0.2) is 0 Å². The Morgan fingerprint density at radius 2 is 1.96 bits per heavy atom. The molecule has 1 saturated heterocycles. The van der Waals surface area contributed by atoms with E-state index in [0.717, 1.165) is 25.0 Å². The summed E-state index contributed by atoms with van der Waals surface area (Å²) >= 11 is 0. The second kappa shape index (κ2) is 6.59. The van der Waals surface area contributed by atoms with Crippen LogP contribution in [0.25, 0.3) is 0 Å². The Morgan fingerprint density at radius 3 is 2.54 bits per heavy atom. The summed E-state index contributed by atoms with van der Waals surface area (Å²) in [6.07, 6.45) is -1.15. The number of benzene rings is 1. The van der Waals surface area contributed by atoms with Crippen molar-refractivity contribution in [1.29, 1.82) is 0 Å². The number of nitrogens with zero attached hydrogens (tertiary/aromatic N) is 1. The first-order valence-electron chi connectivity index (χ1n) is 8.93. The molecule has 1 saturated carbocycles. The van der Waals surface area contributed by atoms with Crippen LogP contribution in [0.15, 0.2) is 24.3 Å². The number of likely N-dealkylation sites (tertiary alicyclic amines) is 1. The highest BCUT2D eigenvalue weighted by Crippen LogP contribution is 2.52. The molecule has 1 N–H and O–H groups in total. The second-order valence-electron chi connectivity index (χ2n) is 7.49. The van der Waals surface area contributed by atoms with Gasteiger partial charge in [0.15, 0.2) is 0 Å². The van der Waals surface area contributed by atoms with Crippen LogP contribution in [0.2, 0.25) is 0 Å². The van der Waals surface area contributed by atoms with Gasteiger partial charge in [-0.2, -0.15) is 13.2 Å². The van der Waals surface area contributed by atoms with E-state index in [4.69, 9.17) is 0 Å². The summed E-state index contributed by atoms with van der Waals surface area (Å²) in [5.41, 5.74) is -0.961. The van der Waals surface area contributed by atoms with Gasteiger partial charge in [0.25, 0.3) is 0 Å². The van der Waals surface area contributed by atoms with Gasteiger partial charge in [-0.1, -0.05) is 25.0 Å². The Hall–Kier alpha value is -2.05. The van der Waals surface area contributed by atoms with Crippen molar-refractivity contribution < 1.29 is 22.8 Å². The minimum atomic E-state index is -4.41. The zero-order valence-corrected chi connectivity index (χ0v) is 14.9. The van der Waals surface area contributed by atoms with E-state index in [0.29, 0.717) is 18.4 Å². The Morgan fingerprint density at radius 1 is 1.31 bits per heavy atom. The van der Waals surface area contributed by atoms with Crippen molar-refractivity contribution in [3.05, 3.63) is 35.4 Å². The Kier molecular flexibility index (Phi) is 4.75. The molecule has 2 aliphatic rings. The lowest BCUT2D eigenvalue weighted by Crippen LogP contribution is -2.74. The number of hydrogen-bond donors (Lipinski definition) is 1. The van der Waals surface area contributed by atoms with Crippen LogP contribution in [0.1, 0.15) is 50.7 Å². The Balaban J connectivity index is 1.72. The first-order chi connectivity index (χ1) is 12.2. The monoisotopic (exact) mass is 368 g/mol. The molecular formula is C19H23F3N2O2. The van der Waals surface area contributed by atoms with E-state index in [1.54, 1.807) is 11.0 Å². The molecule has 2 fully saturated rings. The third-order valence-electron chi connectivity index (χ3n) is 5.48. The predicted octanol–water partition coefficient (Wildman–Crippen LogP) is 3.50. The van der Waals surface area contributed by atoms with Gasteiger partial charge >= 0.3 is 6.18 Å². The molecule has 0 aromatic heterocycles. The van der Waals surface area contributed by atoms with Gasteiger partial charge in [0, 0.05) is 12.6 Å². The van der Waals surface area contributed by atoms with Crippen LogP contribution < -0.4 is 5.32 Å². The van der Waals surface area contributed by atoms with Gasteiger partial charge in [-0.05, 0) is 44.4 Å². The van der Waals surface area contributed by atoms with Gasteiger partial charge < -0.3 is 10.2 Å². The van der Waals surface area contributed by atoms with Gasteiger partial charge in [-0.15, -0.1) is 0 Å². The molecule has 1 aliphatic carbocycles. The summed E-state index contributed by atoms with van der Waals surface area (Å²) in [7, 11) is 0. The topological polar surface area (TPSA) is 49.4 Å². The highest BCUT2D eigenvalue weighted by molar-refractivity contribution is 6.02. The van der Waals surface area contributed by atoms with Crippen molar-refractivity contribution in [2.45, 2.75) is 64.3 Å². The van der Waals surface area contributed by atoms with Crippen molar-refractivity contribution in [1.82, 2.24) is 10.2 Å². The van der Waals surface area contributed by atoms with Crippen LogP contribution in [0.5, 0.6) is 0 Å². The standard InChI is InChI=1S/C19H23F3N2O2/c1-12(2)24-15(18(17(24)26)8-3-4-9-18)16(25)23-11-13-6-5-7-14(10-13)19(20,21)22/h5-7,10,12,15H,3-4,8-9,11H2,1-2H3,(H,23,25). The number of halogens is 3. The van der Waals surface area contributed by atoms with E-state index in [2.05, 4.69) is 5.32 Å². The van der Waals surface area contributed by atoms with Crippen molar-refractivity contribution in [3.8, 4) is 0 Å². The van der Waals surface area contributed by atoms with Crippen LogP contribution >= 0.6 is 0 Å². The van der Waals surface area contributed by atoms with Gasteiger partial charge in [-0.3, -0.25) is 9.59 Å². The van der Waals surface area contributed by atoms with Crippen LogP contribution in [-0.2, 0) is 22.3 Å². The molecule has 26 heavy (non-hydrogen) atoms. The van der Waals surface area contributed by atoms with E-state index >= 15 is 0 Å². The molecule has 2 amide bonds. The molecule has 1 unspecified atom stereocenters. The van der Waals surface area contributed by atoms with Crippen LogP contribution in [0, 0.1) is 5.41 Å². The fraction of sp³-hybridized carbons (Fsp3) is 0.579. The third-order valence-corrected chi connectivity index (χ3v) is 5.48.